The molecule has 2 aromatic carbocycles. The van der Waals surface area contributed by atoms with Crippen molar-refractivity contribution in [3.8, 4) is 46.7 Å². The number of amides is 3. The largest absolute Gasteiger partial charge is 0.493 e. The Morgan fingerprint density at radius 3 is 2.22 bits per heavy atom. The van der Waals surface area contributed by atoms with Crippen molar-refractivity contribution < 1.29 is 131 Å². The molecule has 5 fully saturated rings. The zero-order valence-electron chi connectivity index (χ0n) is 65.3. The summed E-state index contributed by atoms with van der Waals surface area (Å²) in [5, 5.41) is 85.2. The quantitative estimate of drug-likeness (QED) is 0.00542. The Balaban J connectivity index is 0.993. The van der Waals surface area contributed by atoms with Gasteiger partial charge in [-0.05, 0) is 131 Å². The minimum Gasteiger partial charge on any atom is -0.493 e. The number of methoxy groups -OCH3 is 3. The van der Waals surface area contributed by atoms with Crippen molar-refractivity contribution in [2.75, 3.05) is 79.4 Å². The summed E-state index contributed by atoms with van der Waals surface area (Å²) in [6.45, 7) is 14.3. The third-order valence-corrected chi connectivity index (χ3v) is 28.1. The predicted octanol–water partition coefficient (Wildman–Crippen LogP) is 4.04. The number of allylic oxidation sites excluding steroid dienone is 2. The fourth-order valence-electron chi connectivity index (χ4n) is 14.2. The van der Waals surface area contributed by atoms with E-state index in [1.807, 2.05) is 36.4 Å². The summed E-state index contributed by atoms with van der Waals surface area (Å²) < 4.78 is 79.5. The fraction of sp³-hybridized carbons (Fsp3) is 0.645. The first-order valence-corrected chi connectivity index (χ1v) is 43.3. The smallest absolute Gasteiger partial charge is 0.306 e. The second kappa shape index (κ2) is 42.2. The average Bonchev–Trinajstić information content (AvgIpc) is 0.718. The molecular formula is C76H105IN5O27PS3. The van der Waals surface area contributed by atoms with Crippen molar-refractivity contribution in [3.63, 3.8) is 0 Å². The molecule has 0 radical (unpaired) electrons. The first-order chi connectivity index (χ1) is 53.6. The molecule has 4 aliphatic heterocycles. The molecule has 2 bridgehead atoms. The van der Waals surface area contributed by atoms with Gasteiger partial charge in [-0.2, -0.15) is 10.6 Å². The SMILES string of the molecule is CCN(C(C)=O)C1COC(OC2C(O[C@H]3C#C/C=C\C#C[C@]4(O)CC(=O)[C@H](CC(=O)OC)C3/C4=C/CSSC(C)(C)CC(=O)N/N=C(\C)c3ccc(OCCP(=O)(O)CCC(=O)NC)cc3)OC(C)C(NOC3CC(O)C(SC(=O)c4c(C)c(I)c(OC5OC(C)C(O)C(CO)C5O)c(OC)c4OC)C(C)O3)C2O)CC1CO. The average molecular weight is 1770 g/mol. The highest BCUT2D eigenvalue weighted by Crippen LogP contribution is 2.51. The maximum Gasteiger partial charge on any atom is 0.306 e. The molecule has 6 aliphatic rings. The van der Waals surface area contributed by atoms with Gasteiger partial charge in [0.15, 0.2) is 36.0 Å². The van der Waals surface area contributed by atoms with Crippen LogP contribution in [0, 0.1) is 57.8 Å². The molecule has 22 atom stereocenters. The van der Waals surface area contributed by atoms with Gasteiger partial charge in [0.2, 0.25) is 42.2 Å². The molecule has 0 spiro atoms. The van der Waals surface area contributed by atoms with Gasteiger partial charge in [-0.1, -0.05) is 63.1 Å². The number of aliphatic hydroxyl groups is 7. The van der Waals surface area contributed by atoms with E-state index in [4.69, 9.17) is 56.9 Å². The van der Waals surface area contributed by atoms with E-state index in [2.05, 4.69) is 45.0 Å². The summed E-state index contributed by atoms with van der Waals surface area (Å²) in [6, 6.07) is 5.00. The molecule has 19 unspecified atom stereocenters. The van der Waals surface area contributed by atoms with Gasteiger partial charge in [-0.15, -0.1) is 0 Å². The van der Waals surface area contributed by atoms with Crippen LogP contribution in [0.1, 0.15) is 115 Å². The highest BCUT2D eigenvalue weighted by atomic mass is 127. The van der Waals surface area contributed by atoms with Crippen LogP contribution in [0.4, 0.5) is 0 Å². The lowest BCUT2D eigenvalue weighted by molar-refractivity contribution is -0.339. The number of esters is 1. The number of nitrogens with zero attached hydrogens (tertiary/aromatic N) is 2. The standard InChI is InChI=1S/C76H105IN5O27PS3/c1-14-82(44(7)85)51-38-102-58(31-46(51)36-83)107-69-66(93)63(81-109-59-33-52(86)71(43(6)103-59)112-72(94)60-39(2)62(77)68(70(100-13)67(60)99-12)108-73-65(92)49(37-84)64(91)42(5)105-73)41(4)104-74(69)106-54-19-17-15-16-18-26-76(95)34-53(87)48(32-57(90)98-11)61(54)50(76)25-30-111-113-75(8,9)35-56(89)80-79-40(3)45-20-22-47(23-21-45)101-27-29-110(96,97)28-24-55(88)78-10/h15-16,20-23,25,41-43,46,48-49,51-52,54,58-59,61,63-66,69,71,73-74,81,83-84,86,91-93,95H,14,24,27-38H2,1-13H3,(H,78,88)(H,80,89)(H,96,97)/b16-15-,50-25-,79-40+/t41?,42?,43?,46?,48-,49?,51?,52?,54-,58?,59?,61?,63?,64?,65?,66?,69?,71?,73?,74?,76-/m0/s1. The molecule has 11 N–H and O–H groups in total. The molecule has 0 aromatic heterocycles. The number of hydrazone groups is 1. The number of nitrogens with one attached hydrogen (secondary N) is 3. The van der Waals surface area contributed by atoms with E-state index in [0.29, 0.717) is 32.7 Å². The summed E-state index contributed by atoms with van der Waals surface area (Å²) in [5.74, 6) is 5.84. The van der Waals surface area contributed by atoms with Crippen LogP contribution in [0.15, 0.2) is 53.2 Å². The van der Waals surface area contributed by atoms with Crippen LogP contribution in [-0.2, 0) is 66.5 Å². The van der Waals surface area contributed by atoms with E-state index in [-0.39, 0.29) is 104 Å². The lowest BCUT2D eigenvalue weighted by Crippen LogP contribution is -2.65. The highest BCUT2D eigenvalue weighted by Gasteiger charge is 2.55. The zero-order valence-corrected chi connectivity index (χ0v) is 70.8. The van der Waals surface area contributed by atoms with Gasteiger partial charge in [0, 0.05) is 93.1 Å². The number of hydrogen-bond acceptors (Lipinski definition) is 31. The molecule has 2 aliphatic carbocycles. The van der Waals surface area contributed by atoms with E-state index in [1.54, 1.807) is 76.8 Å². The van der Waals surface area contributed by atoms with Crippen molar-refractivity contribution >= 4 is 104 Å². The summed E-state index contributed by atoms with van der Waals surface area (Å²) in [7, 11) is 4.37. The van der Waals surface area contributed by atoms with E-state index < -0.39 is 181 Å². The molecule has 4 heterocycles. The number of rotatable bonds is 34. The number of thioether (sulfide) groups is 1. The molecule has 8 rings (SSSR count). The summed E-state index contributed by atoms with van der Waals surface area (Å²) in [6.07, 6.45) is -13.9. The minimum atomic E-state index is -3.59. The molecule has 2 aromatic rings. The van der Waals surface area contributed by atoms with Crippen molar-refractivity contribution in [1.82, 2.24) is 21.1 Å². The number of aliphatic hydroxyl groups excluding tert-OH is 6. The molecule has 32 nitrogen and oxygen atoms in total. The number of carbonyl (C=O) groups is 6. The number of hydroxylamine groups is 1. The maximum absolute atomic E-state index is 14.6. The topological polar surface area (TPSA) is 444 Å². The minimum absolute atomic E-state index is 0.00609. The molecule has 37 heteroatoms. The van der Waals surface area contributed by atoms with Crippen molar-refractivity contribution in [2.24, 2.45) is 28.8 Å². The molecule has 3 amide bonds. The van der Waals surface area contributed by atoms with E-state index in [9.17, 15) is 74.0 Å². The molecule has 4 saturated heterocycles. The van der Waals surface area contributed by atoms with Crippen molar-refractivity contribution in [1.29, 1.82) is 0 Å². The molecular weight excluding hydrogens is 1670 g/mol. The Morgan fingerprint density at radius 2 is 1.58 bits per heavy atom. The Morgan fingerprint density at radius 1 is 0.876 bits per heavy atom. The van der Waals surface area contributed by atoms with Crippen LogP contribution in [-0.4, -0.2) is 273 Å². The normalized spacial score (nSPS) is 31.7. The number of carbonyl (C=O) groups excluding carboxylic acids is 6. The highest BCUT2D eigenvalue weighted by molar-refractivity contribution is 14.1. The van der Waals surface area contributed by atoms with Crippen molar-refractivity contribution in [3.05, 3.63) is 68.3 Å². The Bertz CT molecular complexity index is 3940. The van der Waals surface area contributed by atoms with Gasteiger partial charge in [-0.3, -0.25) is 38.2 Å². The first kappa shape index (κ1) is 93.0. The molecule has 626 valence electrons. The number of ketones is 1. The Labute approximate surface area is 683 Å². The third-order valence-electron chi connectivity index (χ3n) is 20.4. The van der Waals surface area contributed by atoms with Gasteiger partial charge in [-0.25, -0.2) is 5.43 Å². The monoisotopic (exact) mass is 1770 g/mol. The third kappa shape index (κ3) is 23.9. The van der Waals surface area contributed by atoms with E-state index >= 15 is 0 Å². The van der Waals surface area contributed by atoms with Gasteiger partial charge in [0.25, 0.3) is 0 Å². The summed E-state index contributed by atoms with van der Waals surface area (Å²) in [4.78, 5) is 98.6. The van der Waals surface area contributed by atoms with Gasteiger partial charge in [0.1, 0.15) is 35.9 Å². The zero-order chi connectivity index (χ0) is 83.0. The van der Waals surface area contributed by atoms with E-state index in [1.165, 1.54) is 69.0 Å². The van der Waals surface area contributed by atoms with Crippen molar-refractivity contribution in [2.45, 2.75) is 209 Å². The lowest BCUT2D eigenvalue weighted by atomic mass is 9.64. The Kier molecular flexibility index (Phi) is 34.8. The number of benzene rings is 2. The molecule has 113 heavy (non-hydrogen) atoms. The van der Waals surface area contributed by atoms with E-state index in [0.717, 1.165) is 11.8 Å². The van der Waals surface area contributed by atoms with Crippen LogP contribution in [0.25, 0.3) is 0 Å². The van der Waals surface area contributed by atoms with Crippen LogP contribution < -0.4 is 35.2 Å². The fourth-order valence-corrected chi connectivity index (χ4v) is 19.5. The Hall–Kier alpha value is -5.50. The summed E-state index contributed by atoms with van der Waals surface area (Å²) in [5.41, 5.74) is 5.11. The lowest BCUT2D eigenvalue weighted by Gasteiger charge is -2.48. The number of hydrogen-bond donors (Lipinski definition) is 11. The maximum atomic E-state index is 14.6. The number of Topliss-reactive ketones (excluding diaryl/α,β-unsaturated/α-hetero) is 1. The van der Waals surface area contributed by atoms with Gasteiger partial charge < -0.3 is 103 Å². The number of halogens is 1. The van der Waals surface area contributed by atoms with Gasteiger partial charge >= 0.3 is 5.97 Å². The number of ether oxygens (including phenoxy) is 11. The van der Waals surface area contributed by atoms with Crippen LogP contribution >= 0.6 is 63.3 Å². The first-order valence-electron chi connectivity index (χ1n) is 37.0. The second-order valence-corrected chi connectivity index (χ2v) is 36.7. The van der Waals surface area contributed by atoms with Crippen LogP contribution in [0.5, 0.6) is 23.0 Å². The number of likely N-dealkylation sites (N-methyl/N-ethyl adjacent to an activating group) is 1. The second-order valence-electron chi connectivity index (χ2n) is 28.8. The predicted molar refractivity (Wildman–Crippen MR) is 425 cm³/mol. The van der Waals surface area contributed by atoms with Crippen LogP contribution in [0.3, 0.4) is 0 Å². The number of fused-ring (bicyclic) bond motifs is 2. The molecule has 1 saturated carbocycles. The van der Waals surface area contributed by atoms with Gasteiger partial charge in [0.05, 0.1) is 123 Å². The van der Waals surface area contributed by atoms with Crippen LogP contribution in [0.2, 0.25) is 0 Å². The summed E-state index contributed by atoms with van der Waals surface area (Å²) >= 11 is 2.74.